The minimum atomic E-state index is 0.380. The van der Waals surface area contributed by atoms with E-state index in [0.717, 1.165) is 60.9 Å². The van der Waals surface area contributed by atoms with Crippen LogP contribution in [0.3, 0.4) is 0 Å². The Kier molecular flexibility index (Phi) is 3.52. The fourth-order valence-corrected chi connectivity index (χ4v) is 5.35. The number of aromatic nitrogens is 3. The van der Waals surface area contributed by atoms with Gasteiger partial charge in [-0.05, 0) is 51.9 Å². The molecule has 0 saturated carbocycles. The van der Waals surface area contributed by atoms with Crippen LogP contribution in [-0.4, -0.2) is 51.1 Å². The molecule has 5 heterocycles. The molecule has 1 amide bonds. The zero-order chi connectivity index (χ0) is 18.0. The second-order valence-corrected chi connectivity index (χ2v) is 8.47. The van der Waals surface area contributed by atoms with E-state index in [1.807, 2.05) is 4.52 Å². The minimum Gasteiger partial charge on any atom is -0.356 e. The van der Waals surface area contributed by atoms with Crippen molar-refractivity contribution in [3.8, 4) is 0 Å². The lowest BCUT2D eigenvalue weighted by atomic mass is 9.76. The van der Waals surface area contributed by atoms with Crippen molar-refractivity contribution in [1.29, 1.82) is 0 Å². The number of hydrogen-bond acceptors (Lipinski definition) is 4. The third-order valence-electron chi connectivity index (χ3n) is 6.67. The lowest BCUT2D eigenvalue weighted by Crippen LogP contribution is -2.60. The highest BCUT2D eigenvalue weighted by atomic mass is 16.2. The molecule has 0 N–H and O–H groups in total. The number of fused-ring (bicyclic) bond motifs is 5. The molecule has 0 spiro atoms. The van der Waals surface area contributed by atoms with Crippen LogP contribution >= 0.6 is 0 Å². The molecule has 138 valence electrons. The molecule has 6 heteroatoms. The van der Waals surface area contributed by atoms with Gasteiger partial charge in [-0.3, -0.25) is 4.79 Å². The summed E-state index contributed by atoms with van der Waals surface area (Å²) in [5.74, 6) is 2.68. The van der Waals surface area contributed by atoms with E-state index < -0.39 is 0 Å². The van der Waals surface area contributed by atoms with Crippen LogP contribution in [0.5, 0.6) is 0 Å². The summed E-state index contributed by atoms with van der Waals surface area (Å²) in [6.07, 6.45) is 4.23. The van der Waals surface area contributed by atoms with Gasteiger partial charge in [0.2, 0.25) is 5.91 Å². The smallest absolute Gasteiger partial charge is 0.222 e. The molecule has 3 atom stereocenters. The topological polar surface area (TPSA) is 53.7 Å². The average molecular weight is 353 g/mol. The van der Waals surface area contributed by atoms with Crippen LogP contribution in [-0.2, 0) is 4.79 Å². The Morgan fingerprint density at radius 1 is 1.15 bits per heavy atom. The predicted molar refractivity (Wildman–Crippen MR) is 100 cm³/mol. The van der Waals surface area contributed by atoms with E-state index >= 15 is 0 Å². The Labute approximate surface area is 154 Å². The van der Waals surface area contributed by atoms with Crippen molar-refractivity contribution in [3.63, 3.8) is 0 Å². The van der Waals surface area contributed by atoms with Crippen LogP contribution in [0, 0.1) is 32.6 Å². The lowest BCUT2D eigenvalue weighted by molar-refractivity contribution is -0.142. The van der Waals surface area contributed by atoms with Crippen LogP contribution < -0.4 is 4.90 Å². The molecule has 3 aliphatic rings. The van der Waals surface area contributed by atoms with E-state index in [0.29, 0.717) is 23.8 Å². The van der Waals surface area contributed by atoms with Gasteiger partial charge in [-0.2, -0.15) is 9.61 Å². The summed E-state index contributed by atoms with van der Waals surface area (Å²) in [6.45, 7) is 9.17. The van der Waals surface area contributed by atoms with E-state index in [1.165, 1.54) is 12.8 Å². The Morgan fingerprint density at radius 3 is 2.85 bits per heavy atom. The van der Waals surface area contributed by atoms with Gasteiger partial charge in [-0.25, -0.2) is 4.98 Å². The van der Waals surface area contributed by atoms with Crippen molar-refractivity contribution in [2.24, 2.45) is 11.8 Å². The highest BCUT2D eigenvalue weighted by Gasteiger charge is 2.44. The third kappa shape index (κ3) is 2.34. The number of rotatable bonds is 1. The summed E-state index contributed by atoms with van der Waals surface area (Å²) < 4.78 is 2.03. The molecular formula is C20H27N5O. The standard InChI is InChI=1S/C20H27N5O/c1-12-7-18(25-20(21-12)13(2)14(3)22-25)23-9-15-8-16(11-23)17-5-4-6-19(26)24(17)10-15/h7,15-17H,4-6,8-11H2,1-3H3/t15-,16+,17+/m1/s1. The first-order valence-corrected chi connectivity index (χ1v) is 9.89. The first-order chi connectivity index (χ1) is 12.5. The highest BCUT2D eigenvalue weighted by Crippen LogP contribution is 2.39. The number of carbonyl (C=O) groups excluding carboxylic acids is 1. The van der Waals surface area contributed by atoms with Gasteiger partial charge >= 0.3 is 0 Å². The third-order valence-corrected chi connectivity index (χ3v) is 6.67. The van der Waals surface area contributed by atoms with E-state index in [4.69, 9.17) is 10.1 Å². The van der Waals surface area contributed by atoms with Gasteiger partial charge in [0.05, 0.1) is 5.69 Å². The molecule has 0 aromatic carbocycles. The maximum absolute atomic E-state index is 12.4. The fourth-order valence-electron chi connectivity index (χ4n) is 5.35. The zero-order valence-electron chi connectivity index (χ0n) is 15.9. The predicted octanol–water partition coefficient (Wildman–Crippen LogP) is 2.49. The van der Waals surface area contributed by atoms with Crippen LogP contribution in [0.1, 0.15) is 42.6 Å². The Hall–Kier alpha value is -2.11. The molecule has 26 heavy (non-hydrogen) atoms. The number of aryl methyl sites for hydroxylation is 3. The SMILES string of the molecule is Cc1cc(N2C[C@H]3C[C@@H](C2)[C@@H]2CCCC(=O)N2C3)n2nc(C)c(C)c2n1. The summed E-state index contributed by atoms with van der Waals surface area (Å²) in [4.78, 5) is 21.8. The second-order valence-electron chi connectivity index (χ2n) is 8.47. The normalized spacial score (nSPS) is 28.6. The Bertz CT molecular complexity index is 888. The largest absolute Gasteiger partial charge is 0.356 e. The maximum Gasteiger partial charge on any atom is 0.222 e. The molecular weight excluding hydrogens is 326 g/mol. The van der Waals surface area contributed by atoms with Crippen molar-refractivity contribution in [3.05, 3.63) is 23.0 Å². The molecule has 2 bridgehead atoms. The van der Waals surface area contributed by atoms with Crippen molar-refractivity contribution >= 4 is 17.4 Å². The van der Waals surface area contributed by atoms with Crippen molar-refractivity contribution in [1.82, 2.24) is 19.5 Å². The minimum absolute atomic E-state index is 0.380. The molecule has 2 aromatic heterocycles. The molecule has 3 saturated heterocycles. The monoisotopic (exact) mass is 353 g/mol. The first-order valence-electron chi connectivity index (χ1n) is 9.89. The Morgan fingerprint density at radius 2 is 2.00 bits per heavy atom. The molecule has 5 rings (SSSR count). The van der Waals surface area contributed by atoms with Crippen LogP contribution in [0.25, 0.3) is 5.65 Å². The van der Waals surface area contributed by atoms with E-state index in [9.17, 15) is 4.79 Å². The number of amides is 1. The molecule has 0 unspecified atom stereocenters. The van der Waals surface area contributed by atoms with Gasteiger partial charge in [0.15, 0.2) is 5.65 Å². The van der Waals surface area contributed by atoms with Crippen molar-refractivity contribution < 1.29 is 4.79 Å². The molecule has 3 aliphatic heterocycles. The quantitative estimate of drug-likeness (QED) is 0.790. The molecule has 0 radical (unpaired) electrons. The Balaban J connectivity index is 1.52. The van der Waals surface area contributed by atoms with Gasteiger partial charge in [-0.15, -0.1) is 0 Å². The first kappa shape index (κ1) is 16.1. The fraction of sp³-hybridized carbons (Fsp3) is 0.650. The summed E-state index contributed by atoms with van der Waals surface area (Å²) in [7, 11) is 0. The summed E-state index contributed by atoms with van der Waals surface area (Å²) in [6, 6.07) is 2.61. The van der Waals surface area contributed by atoms with Crippen molar-refractivity contribution in [2.75, 3.05) is 24.5 Å². The summed E-state index contributed by atoms with van der Waals surface area (Å²) in [5, 5.41) is 4.76. The number of hydrogen-bond donors (Lipinski definition) is 0. The summed E-state index contributed by atoms with van der Waals surface area (Å²) in [5.41, 5.74) is 4.23. The number of carbonyl (C=O) groups is 1. The number of piperidine rings is 3. The van der Waals surface area contributed by atoms with Crippen molar-refractivity contribution in [2.45, 2.75) is 52.5 Å². The van der Waals surface area contributed by atoms with Gasteiger partial charge in [-0.1, -0.05) is 0 Å². The van der Waals surface area contributed by atoms with Crippen LogP contribution in [0.15, 0.2) is 6.07 Å². The summed E-state index contributed by atoms with van der Waals surface area (Å²) >= 11 is 0. The van der Waals surface area contributed by atoms with E-state index in [1.54, 1.807) is 0 Å². The molecule has 3 fully saturated rings. The van der Waals surface area contributed by atoms with E-state index in [-0.39, 0.29) is 0 Å². The highest BCUT2D eigenvalue weighted by molar-refractivity contribution is 5.77. The van der Waals surface area contributed by atoms with Crippen LogP contribution in [0.2, 0.25) is 0 Å². The zero-order valence-corrected chi connectivity index (χ0v) is 15.9. The van der Waals surface area contributed by atoms with Gasteiger partial charge in [0.1, 0.15) is 5.82 Å². The number of anilines is 1. The molecule has 6 nitrogen and oxygen atoms in total. The van der Waals surface area contributed by atoms with E-state index in [2.05, 4.69) is 36.6 Å². The van der Waals surface area contributed by atoms with Gasteiger partial charge in [0, 0.05) is 49.4 Å². The average Bonchev–Trinajstić information content (AvgIpc) is 2.90. The molecule has 0 aliphatic carbocycles. The van der Waals surface area contributed by atoms with Gasteiger partial charge in [0.25, 0.3) is 0 Å². The lowest BCUT2D eigenvalue weighted by Gasteiger charge is -2.52. The second kappa shape index (κ2) is 5.69. The number of nitrogens with zero attached hydrogens (tertiary/aromatic N) is 5. The molecule has 2 aromatic rings. The maximum atomic E-state index is 12.4. The van der Waals surface area contributed by atoms with Crippen LogP contribution in [0.4, 0.5) is 5.82 Å². The van der Waals surface area contributed by atoms with Gasteiger partial charge < -0.3 is 9.80 Å².